The van der Waals surface area contributed by atoms with Gasteiger partial charge >= 0.3 is 12.6 Å². The highest BCUT2D eigenvalue weighted by Crippen LogP contribution is 2.33. The number of nitrogens with one attached hydrogen (secondary N) is 2. The molecule has 0 unspecified atom stereocenters. The van der Waals surface area contributed by atoms with E-state index in [0.717, 1.165) is 25.3 Å². The number of carbonyl (C=O) groups is 3. The lowest BCUT2D eigenvalue weighted by molar-refractivity contribution is -0.134. The minimum atomic E-state index is -3.02. The Kier molecular flexibility index (Phi) is 4.56. The Morgan fingerprint density at radius 1 is 1.24 bits per heavy atom. The maximum Gasteiger partial charge on any atom is 0.387 e. The van der Waals surface area contributed by atoms with Crippen molar-refractivity contribution in [3.05, 3.63) is 29.8 Å². The van der Waals surface area contributed by atoms with Crippen LogP contribution in [0.25, 0.3) is 0 Å². The third-order valence-corrected chi connectivity index (χ3v) is 4.40. The van der Waals surface area contributed by atoms with E-state index in [9.17, 15) is 23.2 Å². The van der Waals surface area contributed by atoms with Gasteiger partial charge in [0.05, 0.1) is 0 Å². The van der Waals surface area contributed by atoms with Gasteiger partial charge in [0.2, 0.25) is 0 Å². The molecular formula is C16H17F2N3O4. The molecule has 1 heterocycles. The molecule has 1 aliphatic heterocycles. The van der Waals surface area contributed by atoms with Crippen molar-refractivity contribution < 1.29 is 27.9 Å². The molecule has 0 atom stereocenters. The number of carbonyl (C=O) groups excluding carboxylic acids is 3. The molecule has 9 heteroatoms. The number of amides is 4. The van der Waals surface area contributed by atoms with Crippen LogP contribution < -0.4 is 15.5 Å². The standard InChI is InChI=1S/C16H17F2N3O4/c17-14(18)25-11-6-4-5-10(9-11)12(22)20-21-13(23)16(19-15(21)24)7-2-1-3-8-16/h4-6,9,14H,1-3,7-8H2,(H,19,24)(H,20,22). The van der Waals surface area contributed by atoms with Crippen molar-refractivity contribution in [2.24, 2.45) is 0 Å². The second-order valence-corrected chi connectivity index (χ2v) is 6.06. The zero-order chi connectivity index (χ0) is 18.0. The molecule has 7 nitrogen and oxygen atoms in total. The monoisotopic (exact) mass is 353 g/mol. The van der Waals surface area contributed by atoms with Crippen LogP contribution >= 0.6 is 0 Å². The van der Waals surface area contributed by atoms with Crippen LogP contribution in [-0.4, -0.2) is 35.0 Å². The van der Waals surface area contributed by atoms with Crippen LogP contribution in [0.3, 0.4) is 0 Å². The highest BCUT2D eigenvalue weighted by molar-refractivity contribution is 6.09. The predicted molar refractivity (Wildman–Crippen MR) is 81.7 cm³/mol. The lowest BCUT2D eigenvalue weighted by Crippen LogP contribution is -2.50. The molecule has 1 aliphatic carbocycles. The Labute approximate surface area is 142 Å². The molecular weight excluding hydrogens is 336 g/mol. The van der Waals surface area contributed by atoms with Crippen molar-refractivity contribution in [2.45, 2.75) is 44.3 Å². The highest BCUT2D eigenvalue weighted by Gasteiger charge is 2.52. The SMILES string of the molecule is O=C(NN1C(=O)NC2(CCCCC2)C1=O)c1cccc(OC(F)F)c1. The number of nitrogens with zero attached hydrogens (tertiary/aromatic N) is 1. The molecule has 134 valence electrons. The summed E-state index contributed by atoms with van der Waals surface area (Å²) in [5.74, 6) is -1.45. The summed E-state index contributed by atoms with van der Waals surface area (Å²) in [4.78, 5) is 36.9. The van der Waals surface area contributed by atoms with Gasteiger partial charge in [0.1, 0.15) is 11.3 Å². The van der Waals surface area contributed by atoms with E-state index in [0.29, 0.717) is 17.9 Å². The number of benzene rings is 1. The lowest BCUT2D eigenvalue weighted by atomic mass is 9.82. The summed E-state index contributed by atoms with van der Waals surface area (Å²) in [6.07, 6.45) is 3.69. The number of alkyl halides is 2. The van der Waals surface area contributed by atoms with Crippen LogP contribution in [0.5, 0.6) is 5.75 Å². The summed E-state index contributed by atoms with van der Waals surface area (Å²) < 4.78 is 28.7. The fraction of sp³-hybridized carbons (Fsp3) is 0.438. The molecule has 0 radical (unpaired) electrons. The van der Waals surface area contributed by atoms with Gasteiger partial charge in [0, 0.05) is 5.56 Å². The second kappa shape index (κ2) is 6.66. The van der Waals surface area contributed by atoms with Crippen molar-refractivity contribution in [2.75, 3.05) is 0 Å². The van der Waals surface area contributed by atoms with Crippen LogP contribution in [-0.2, 0) is 4.79 Å². The predicted octanol–water partition coefficient (Wildman–Crippen LogP) is 2.19. The molecule has 1 aromatic rings. The molecule has 0 aromatic heterocycles. The van der Waals surface area contributed by atoms with Crippen molar-refractivity contribution in [3.8, 4) is 5.75 Å². The van der Waals surface area contributed by atoms with Crippen LogP contribution in [0, 0.1) is 0 Å². The first kappa shape index (κ1) is 17.1. The van der Waals surface area contributed by atoms with Crippen LogP contribution in [0.2, 0.25) is 0 Å². The third kappa shape index (κ3) is 3.40. The molecule has 0 bridgehead atoms. The van der Waals surface area contributed by atoms with E-state index in [1.807, 2.05) is 0 Å². The summed E-state index contributed by atoms with van der Waals surface area (Å²) in [5, 5.41) is 3.32. The quantitative estimate of drug-likeness (QED) is 0.812. The maximum absolute atomic E-state index is 12.6. The number of hydrogen-bond acceptors (Lipinski definition) is 4. The van der Waals surface area contributed by atoms with Crippen molar-refractivity contribution >= 4 is 17.8 Å². The number of hydrazine groups is 1. The molecule has 2 N–H and O–H groups in total. The number of urea groups is 1. The molecule has 2 aliphatic rings. The number of hydrogen-bond donors (Lipinski definition) is 2. The van der Waals surface area contributed by atoms with Gasteiger partial charge in [-0.2, -0.15) is 13.8 Å². The van der Waals surface area contributed by atoms with Gasteiger partial charge in [-0.15, -0.1) is 0 Å². The average molecular weight is 353 g/mol. The highest BCUT2D eigenvalue weighted by atomic mass is 19.3. The Balaban J connectivity index is 1.72. The zero-order valence-electron chi connectivity index (χ0n) is 13.3. The van der Waals surface area contributed by atoms with E-state index in [1.54, 1.807) is 0 Å². The van der Waals surface area contributed by atoms with E-state index in [1.165, 1.54) is 18.2 Å². The summed E-state index contributed by atoms with van der Waals surface area (Å²) in [7, 11) is 0. The van der Waals surface area contributed by atoms with Gasteiger partial charge in [0.15, 0.2) is 0 Å². The molecule has 1 saturated heterocycles. The summed E-state index contributed by atoms with van der Waals surface area (Å²) in [5.41, 5.74) is 1.27. The largest absolute Gasteiger partial charge is 0.435 e. The summed E-state index contributed by atoms with van der Waals surface area (Å²) in [6, 6.07) is 4.41. The second-order valence-electron chi connectivity index (χ2n) is 6.06. The Morgan fingerprint density at radius 2 is 1.96 bits per heavy atom. The Hall–Kier alpha value is -2.71. The van der Waals surface area contributed by atoms with Gasteiger partial charge in [-0.25, -0.2) is 4.79 Å². The van der Waals surface area contributed by atoms with E-state index >= 15 is 0 Å². The van der Waals surface area contributed by atoms with Crippen molar-refractivity contribution in [3.63, 3.8) is 0 Å². The molecule has 1 spiro atoms. The number of imide groups is 1. The van der Waals surface area contributed by atoms with E-state index in [-0.39, 0.29) is 11.3 Å². The smallest absolute Gasteiger partial charge is 0.387 e. The average Bonchev–Trinajstić information content (AvgIpc) is 2.79. The fourth-order valence-corrected chi connectivity index (χ4v) is 3.20. The Morgan fingerprint density at radius 3 is 2.64 bits per heavy atom. The minimum absolute atomic E-state index is 0.0108. The fourth-order valence-electron chi connectivity index (χ4n) is 3.20. The van der Waals surface area contributed by atoms with Gasteiger partial charge in [-0.1, -0.05) is 25.3 Å². The third-order valence-electron chi connectivity index (χ3n) is 4.40. The van der Waals surface area contributed by atoms with Gasteiger partial charge in [-0.3, -0.25) is 15.0 Å². The summed E-state index contributed by atoms with van der Waals surface area (Å²) >= 11 is 0. The lowest BCUT2D eigenvalue weighted by Gasteiger charge is -2.30. The van der Waals surface area contributed by atoms with Crippen molar-refractivity contribution in [1.82, 2.24) is 15.8 Å². The van der Waals surface area contributed by atoms with E-state index in [2.05, 4.69) is 15.5 Å². The van der Waals surface area contributed by atoms with Crippen LogP contribution in [0.4, 0.5) is 13.6 Å². The topological polar surface area (TPSA) is 87.7 Å². The minimum Gasteiger partial charge on any atom is -0.435 e. The molecule has 3 rings (SSSR count). The molecule has 1 aromatic carbocycles. The Bertz CT molecular complexity index is 704. The van der Waals surface area contributed by atoms with Crippen LogP contribution in [0.1, 0.15) is 42.5 Å². The van der Waals surface area contributed by atoms with Gasteiger partial charge in [-0.05, 0) is 31.0 Å². The molecule has 1 saturated carbocycles. The van der Waals surface area contributed by atoms with Gasteiger partial charge < -0.3 is 10.1 Å². The van der Waals surface area contributed by atoms with Gasteiger partial charge in [0.25, 0.3) is 11.8 Å². The van der Waals surface area contributed by atoms with E-state index < -0.39 is 30.0 Å². The summed E-state index contributed by atoms with van der Waals surface area (Å²) in [6.45, 7) is -3.02. The van der Waals surface area contributed by atoms with Crippen LogP contribution in [0.15, 0.2) is 24.3 Å². The number of halogens is 2. The van der Waals surface area contributed by atoms with E-state index in [4.69, 9.17) is 0 Å². The maximum atomic E-state index is 12.6. The zero-order valence-corrected chi connectivity index (χ0v) is 13.3. The van der Waals surface area contributed by atoms with Crippen molar-refractivity contribution in [1.29, 1.82) is 0 Å². The first-order valence-electron chi connectivity index (χ1n) is 7.94. The first-order chi connectivity index (χ1) is 11.9. The molecule has 2 fully saturated rings. The molecule has 25 heavy (non-hydrogen) atoms. The normalized spacial score (nSPS) is 19.2. The first-order valence-corrected chi connectivity index (χ1v) is 7.94. The number of ether oxygens (including phenoxy) is 1. The molecule has 4 amide bonds. The number of rotatable bonds is 4.